The van der Waals surface area contributed by atoms with Crippen molar-refractivity contribution in [1.82, 2.24) is 9.55 Å². The predicted octanol–water partition coefficient (Wildman–Crippen LogP) is 4.91. The first-order valence-corrected chi connectivity index (χ1v) is 13.0. The van der Waals surface area contributed by atoms with Crippen LogP contribution in [0.15, 0.2) is 76.7 Å². The van der Waals surface area contributed by atoms with Crippen LogP contribution in [0, 0.1) is 6.92 Å². The predicted molar refractivity (Wildman–Crippen MR) is 146 cm³/mol. The Morgan fingerprint density at radius 2 is 1.78 bits per heavy atom. The molecule has 1 aliphatic heterocycles. The first kappa shape index (κ1) is 24.4. The molecule has 0 unspecified atom stereocenters. The molecule has 36 heavy (non-hydrogen) atoms. The molecular formula is C27H25ClN4O3S. The van der Waals surface area contributed by atoms with Gasteiger partial charge >= 0.3 is 0 Å². The van der Waals surface area contributed by atoms with Crippen LogP contribution in [0.25, 0.3) is 16.6 Å². The van der Waals surface area contributed by atoms with Gasteiger partial charge in [0.2, 0.25) is 5.91 Å². The molecule has 0 atom stereocenters. The van der Waals surface area contributed by atoms with E-state index in [4.69, 9.17) is 21.3 Å². The Kier molecular flexibility index (Phi) is 7.27. The number of carbonyl (C=O) groups excluding carboxylic acids is 1. The lowest BCUT2D eigenvalue weighted by Crippen LogP contribution is -2.36. The SMILES string of the molecule is Cc1ccc(-n2c(SCC(=O)Nc3ccc(N4CCOCC4)cc3)nc3ccccc3c2=O)cc1Cl. The molecule has 7 nitrogen and oxygen atoms in total. The van der Waals surface area contributed by atoms with Crippen molar-refractivity contribution in [3.8, 4) is 5.69 Å². The third-order valence-corrected chi connectivity index (χ3v) is 7.36. The number of fused-ring (bicyclic) bond motifs is 1. The van der Waals surface area contributed by atoms with Crippen LogP contribution in [-0.2, 0) is 9.53 Å². The zero-order valence-electron chi connectivity index (χ0n) is 19.7. The van der Waals surface area contributed by atoms with Gasteiger partial charge in [0.1, 0.15) is 0 Å². The Balaban J connectivity index is 1.35. The molecule has 0 aliphatic carbocycles. The highest BCUT2D eigenvalue weighted by atomic mass is 35.5. The zero-order valence-corrected chi connectivity index (χ0v) is 21.3. The van der Waals surface area contributed by atoms with E-state index in [9.17, 15) is 9.59 Å². The molecule has 4 aromatic rings. The van der Waals surface area contributed by atoms with Crippen LogP contribution in [0.4, 0.5) is 11.4 Å². The number of para-hydroxylation sites is 1. The number of aryl methyl sites for hydroxylation is 1. The van der Waals surface area contributed by atoms with Crippen molar-refractivity contribution in [2.24, 2.45) is 0 Å². The topological polar surface area (TPSA) is 76.5 Å². The van der Waals surface area contributed by atoms with Gasteiger partial charge in [-0.25, -0.2) is 4.98 Å². The van der Waals surface area contributed by atoms with Crippen LogP contribution >= 0.6 is 23.4 Å². The summed E-state index contributed by atoms with van der Waals surface area (Å²) in [5, 5.41) is 4.42. The molecule has 9 heteroatoms. The number of halogens is 1. The van der Waals surface area contributed by atoms with Crippen molar-refractivity contribution in [3.05, 3.63) is 87.7 Å². The standard InChI is InChI=1S/C27H25ClN4O3S/c1-18-6-9-21(16-23(18)28)32-26(34)22-4-2-3-5-24(22)30-27(32)36-17-25(33)29-19-7-10-20(11-8-19)31-12-14-35-15-13-31/h2-11,16H,12-15,17H2,1H3,(H,29,33). The lowest BCUT2D eigenvalue weighted by Gasteiger charge is -2.28. The summed E-state index contributed by atoms with van der Waals surface area (Å²) >= 11 is 7.56. The minimum absolute atomic E-state index is 0.0928. The molecule has 1 saturated heterocycles. The van der Waals surface area contributed by atoms with Gasteiger partial charge in [-0.1, -0.05) is 41.6 Å². The van der Waals surface area contributed by atoms with Gasteiger partial charge in [0, 0.05) is 29.5 Å². The third-order valence-electron chi connectivity index (χ3n) is 6.02. The number of benzene rings is 3. The second kappa shape index (κ2) is 10.7. The Labute approximate surface area is 218 Å². The monoisotopic (exact) mass is 520 g/mol. The molecule has 184 valence electrons. The smallest absolute Gasteiger partial charge is 0.266 e. The van der Waals surface area contributed by atoms with E-state index in [1.807, 2.05) is 55.5 Å². The molecule has 1 N–H and O–H groups in total. The van der Waals surface area contributed by atoms with E-state index < -0.39 is 0 Å². The number of thioether (sulfide) groups is 1. The molecule has 1 amide bonds. The van der Waals surface area contributed by atoms with Crippen LogP contribution < -0.4 is 15.8 Å². The summed E-state index contributed by atoms with van der Waals surface area (Å²) in [6.07, 6.45) is 0. The van der Waals surface area contributed by atoms with E-state index >= 15 is 0 Å². The molecular weight excluding hydrogens is 496 g/mol. The lowest BCUT2D eigenvalue weighted by atomic mass is 10.2. The number of anilines is 2. The summed E-state index contributed by atoms with van der Waals surface area (Å²) < 4.78 is 6.92. The average molecular weight is 521 g/mol. The number of rotatable bonds is 6. The second-order valence-electron chi connectivity index (χ2n) is 8.47. The normalized spacial score (nSPS) is 13.7. The van der Waals surface area contributed by atoms with Gasteiger partial charge in [-0.05, 0) is 61.0 Å². The van der Waals surface area contributed by atoms with E-state index in [0.717, 1.165) is 37.6 Å². The summed E-state index contributed by atoms with van der Waals surface area (Å²) in [6, 6.07) is 20.4. The fourth-order valence-electron chi connectivity index (χ4n) is 4.06. The van der Waals surface area contributed by atoms with Gasteiger partial charge in [-0.15, -0.1) is 0 Å². The van der Waals surface area contributed by atoms with Crippen molar-refractivity contribution in [3.63, 3.8) is 0 Å². The molecule has 1 fully saturated rings. The number of hydrogen-bond donors (Lipinski definition) is 1. The summed E-state index contributed by atoms with van der Waals surface area (Å²) in [5.74, 6) is -0.0923. The van der Waals surface area contributed by atoms with Gasteiger partial charge in [-0.3, -0.25) is 14.2 Å². The van der Waals surface area contributed by atoms with E-state index in [-0.39, 0.29) is 17.2 Å². The third kappa shape index (κ3) is 5.26. The molecule has 3 aromatic carbocycles. The number of nitrogens with one attached hydrogen (secondary N) is 1. The molecule has 0 saturated carbocycles. The number of hydrogen-bond acceptors (Lipinski definition) is 6. The van der Waals surface area contributed by atoms with Crippen LogP contribution in [0.5, 0.6) is 0 Å². The number of ether oxygens (including phenoxy) is 1. The van der Waals surface area contributed by atoms with Crippen molar-refractivity contribution in [2.45, 2.75) is 12.1 Å². The van der Waals surface area contributed by atoms with Crippen LogP contribution in [0.1, 0.15) is 5.56 Å². The maximum Gasteiger partial charge on any atom is 0.266 e. The molecule has 1 aliphatic rings. The minimum Gasteiger partial charge on any atom is -0.378 e. The number of carbonyl (C=O) groups is 1. The fraction of sp³-hybridized carbons (Fsp3) is 0.222. The molecule has 2 heterocycles. The van der Waals surface area contributed by atoms with Crippen LogP contribution in [0.2, 0.25) is 5.02 Å². The average Bonchev–Trinajstić information content (AvgIpc) is 2.90. The maximum absolute atomic E-state index is 13.4. The molecule has 0 bridgehead atoms. The van der Waals surface area contributed by atoms with Gasteiger partial charge in [0.15, 0.2) is 5.16 Å². The first-order chi connectivity index (χ1) is 17.5. The fourth-order valence-corrected chi connectivity index (χ4v) is 5.05. The van der Waals surface area contributed by atoms with Crippen molar-refractivity contribution < 1.29 is 9.53 Å². The molecule has 0 spiro atoms. The van der Waals surface area contributed by atoms with E-state index in [1.54, 1.807) is 18.2 Å². The molecule has 1 aromatic heterocycles. The quantitative estimate of drug-likeness (QED) is 0.287. The number of aromatic nitrogens is 2. The van der Waals surface area contributed by atoms with Gasteiger partial charge < -0.3 is 15.0 Å². The highest BCUT2D eigenvalue weighted by Gasteiger charge is 2.16. The van der Waals surface area contributed by atoms with E-state index in [0.29, 0.717) is 32.5 Å². The van der Waals surface area contributed by atoms with Crippen LogP contribution in [0.3, 0.4) is 0 Å². The van der Waals surface area contributed by atoms with Crippen molar-refractivity contribution in [1.29, 1.82) is 0 Å². The Bertz CT molecular complexity index is 1470. The Hall–Kier alpha value is -3.33. The zero-order chi connectivity index (χ0) is 25.1. The van der Waals surface area contributed by atoms with E-state index in [1.165, 1.54) is 16.3 Å². The second-order valence-corrected chi connectivity index (χ2v) is 9.82. The largest absolute Gasteiger partial charge is 0.378 e. The highest BCUT2D eigenvalue weighted by Crippen LogP contribution is 2.25. The molecule has 5 rings (SSSR count). The lowest BCUT2D eigenvalue weighted by molar-refractivity contribution is -0.113. The molecule has 0 radical (unpaired) electrons. The minimum atomic E-state index is -0.206. The Morgan fingerprint density at radius 3 is 2.53 bits per heavy atom. The Morgan fingerprint density at radius 1 is 1.06 bits per heavy atom. The van der Waals surface area contributed by atoms with Gasteiger partial charge in [-0.2, -0.15) is 0 Å². The van der Waals surface area contributed by atoms with Gasteiger partial charge in [0.05, 0.1) is 35.6 Å². The maximum atomic E-state index is 13.4. The number of amides is 1. The van der Waals surface area contributed by atoms with Crippen LogP contribution in [-0.4, -0.2) is 47.5 Å². The number of nitrogens with zero attached hydrogens (tertiary/aromatic N) is 3. The highest BCUT2D eigenvalue weighted by molar-refractivity contribution is 7.99. The van der Waals surface area contributed by atoms with E-state index in [2.05, 4.69) is 10.2 Å². The summed E-state index contributed by atoms with van der Waals surface area (Å²) in [4.78, 5) is 33.1. The summed E-state index contributed by atoms with van der Waals surface area (Å²) in [6.45, 7) is 5.06. The van der Waals surface area contributed by atoms with Gasteiger partial charge in [0.25, 0.3) is 5.56 Å². The van der Waals surface area contributed by atoms with Crippen molar-refractivity contribution in [2.75, 3.05) is 42.3 Å². The first-order valence-electron chi connectivity index (χ1n) is 11.6. The van der Waals surface area contributed by atoms with Crippen molar-refractivity contribution >= 4 is 51.5 Å². The number of morpholine rings is 1. The summed E-state index contributed by atoms with van der Waals surface area (Å²) in [5.41, 5.74) is 3.71. The summed E-state index contributed by atoms with van der Waals surface area (Å²) in [7, 11) is 0.